The van der Waals surface area contributed by atoms with Crippen molar-refractivity contribution in [3.8, 4) is 5.75 Å². The maximum absolute atomic E-state index is 10.4. The highest BCUT2D eigenvalue weighted by Gasteiger charge is 2.19. The molecule has 0 amide bonds. The van der Waals surface area contributed by atoms with E-state index in [9.17, 15) is 13.0 Å². The Bertz CT molecular complexity index is 1020. The molecule has 7 heteroatoms. The minimum atomic E-state index is -4.27. The van der Waals surface area contributed by atoms with Crippen molar-refractivity contribution < 1.29 is 22.3 Å². The second-order valence-corrected chi connectivity index (χ2v) is 9.22. The van der Waals surface area contributed by atoms with Crippen LogP contribution in [0.25, 0.3) is 0 Å². The largest absolute Gasteiger partial charge is 0.744 e. The van der Waals surface area contributed by atoms with Crippen LogP contribution in [-0.2, 0) is 22.1 Å². The number of benzene rings is 2. The van der Waals surface area contributed by atoms with E-state index in [4.69, 9.17) is 4.74 Å². The molecule has 0 aliphatic rings. The van der Waals surface area contributed by atoms with Crippen LogP contribution in [-0.4, -0.2) is 25.1 Å². The number of imidazole rings is 1. The highest BCUT2D eigenvalue weighted by molar-refractivity contribution is 7.85. The molecule has 0 atom stereocenters. The molecule has 156 valence electrons. The van der Waals surface area contributed by atoms with Gasteiger partial charge in [0, 0.05) is 0 Å². The first-order valence-electron chi connectivity index (χ1n) is 9.22. The van der Waals surface area contributed by atoms with E-state index in [1.165, 1.54) is 23.3 Å². The molecule has 0 unspecified atom stereocenters. The molecular formula is C22H28N2O4S. The maximum Gasteiger partial charge on any atom is 0.241 e. The molecule has 2 aromatic carbocycles. The van der Waals surface area contributed by atoms with Crippen molar-refractivity contribution in [3.05, 3.63) is 77.9 Å². The Morgan fingerprint density at radius 2 is 1.76 bits per heavy atom. The Morgan fingerprint density at radius 1 is 1.10 bits per heavy atom. The molecule has 0 saturated heterocycles. The van der Waals surface area contributed by atoms with Gasteiger partial charge in [0.05, 0.1) is 12.0 Å². The molecule has 0 radical (unpaired) electrons. The predicted octanol–water partition coefficient (Wildman–Crippen LogP) is 3.56. The number of nitrogens with zero attached hydrogens (tertiary/aromatic N) is 1. The number of hydrogen-bond donors (Lipinski definition) is 1. The lowest BCUT2D eigenvalue weighted by atomic mass is 9.85. The van der Waals surface area contributed by atoms with Crippen LogP contribution in [0.15, 0.2) is 66.1 Å². The highest BCUT2D eigenvalue weighted by atomic mass is 32.2. The van der Waals surface area contributed by atoms with Crippen LogP contribution >= 0.6 is 0 Å². The third kappa shape index (κ3) is 6.73. The van der Waals surface area contributed by atoms with E-state index in [0.29, 0.717) is 0 Å². The summed E-state index contributed by atoms with van der Waals surface area (Å²) in [6.45, 7) is 9.31. The fraction of sp³-hybridized carbons (Fsp3) is 0.318. The zero-order valence-corrected chi connectivity index (χ0v) is 18.3. The lowest BCUT2D eigenvalue weighted by molar-refractivity contribution is -0.687. The standard InChI is InChI=1S/C15H20N2O.C7H8O3S/c1-15(2,3)13-9-12(5-6-14(13)18-4)10-17-8-7-16-11-17;1-6-2-4-7(5-3-6)11(8,9)10/h5-9,11H,10H2,1-4H3;2-5H,1H3,(H,8,9,10). The lowest BCUT2D eigenvalue weighted by Gasteiger charge is -2.22. The third-order valence-electron chi connectivity index (χ3n) is 4.35. The lowest BCUT2D eigenvalue weighted by Crippen LogP contribution is -2.31. The third-order valence-corrected chi connectivity index (χ3v) is 5.20. The number of ether oxygens (including phenoxy) is 1. The smallest absolute Gasteiger partial charge is 0.241 e. The summed E-state index contributed by atoms with van der Waals surface area (Å²) < 4.78 is 38.7. The number of aryl methyl sites for hydroxylation is 1. The number of aromatic amines is 1. The molecule has 0 aliphatic carbocycles. The van der Waals surface area contributed by atoms with E-state index in [1.807, 2.05) is 25.6 Å². The highest BCUT2D eigenvalue weighted by Crippen LogP contribution is 2.31. The minimum absolute atomic E-state index is 0.0875. The van der Waals surface area contributed by atoms with Crippen LogP contribution in [0, 0.1) is 6.92 Å². The first-order valence-corrected chi connectivity index (χ1v) is 10.6. The summed E-state index contributed by atoms with van der Waals surface area (Å²) in [6.07, 6.45) is 5.91. The Morgan fingerprint density at radius 3 is 2.24 bits per heavy atom. The normalized spacial score (nSPS) is 11.5. The topological polar surface area (TPSA) is 86.1 Å². The molecule has 0 bridgehead atoms. The molecule has 0 fully saturated rings. The Kier molecular flexibility index (Phi) is 7.21. The van der Waals surface area contributed by atoms with E-state index in [2.05, 4.69) is 48.5 Å². The molecular weight excluding hydrogens is 388 g/mol. The van der Waals surface area contributed by atoms with Crippen molar-refractivity contribution >= 4 is 10.1 Å². The van der Waals surface area contributed by atoms with Gasteiger partial charge in [-0.2, -0.15) is 0 Å². The molecule has 0 saturated carbocycles. The Labute approximate surface area is 172 Å². The maximum atomic E-state index is 10.4. The molecule has 1 N–H and O–H groups in total. The fourth-order valence-corrected chi connectivity index (χ4v) is 3.24. The number of methoxy groups -OCH3 is 1. The van der Waals surface area contributed by atoms with Gasteiger partial charge in [-0.3, -0.25) is 4.98 Å². The Balaban J connectivity index is 0.000000234. The van der Waals surface area contributed by atoms with E-state index < -0.39 is 10.1 Å². The van der Waals surface area contributed by atoms with E-state index >= 15 is 0 Å². The van der Waals surface area contributed by atoms with E-state index in [0.717, 1.165) is 17.9 Å². The van der Waals surface area contributed by atoms with Crippen LogP contribution in [0.4, 0.5) is 0 Å². The van der Waals surface area contributed by atoms with Crippen molar-refractivity contribution in [3.63, 3.8) is 0 Å². The predicted molar refractivity (Wildman–Crippen MR) is 111 cm³/mol. The fourth-order valence-electron chi connectivity index (χ4n) is 2.77. The summed E-state index contributed by atoms with van der Waals surface area (Å²) in [6, 6.07) is 12.2. The van der Waals surface area contributed by atoms with Gasteiger partial charge >= 0.3 is 0 Å². The second kappa shape index (κ2) is 9.24. The summed E-state index contributed by atoms with van der Waals surface area (Å²) in [5, 5.41) is 0. The van der Waals surface area contributed by atoms with Gasteiger partial charge in [-0.1, -0.05) is 44.5 Å². The monoisotopic (exact) mass is 416 g/mol. The minimum Gasteiger partial charge on any atom is -0.744 e. The summed E-state index contributed by atoms with van der Waals surface area (Å²) in [5.41, 5.74) is 3.55. The van der Waals surface area contributed by atoms with Gasteiger partial charge in [-0.05, 0) is 47.7 Å². The van der Waals surface area contributed by atoms with Crippen molar-refractivity contribution in [2.24, 2.45) is 0 Å². The molecule has 1 aromatic heterocycles. The first-order chi connectivity index (χ1) is 13.5. The van der Waals surface area contributed by atoms with Gasteiger partial charge < -0.3 is 9.29 Å². The average Bonchev–Trinajstić information content (AvgIpc) is 3.14. The number of nitrogens with one attached hydrogen (secondary N) is 1. The summed E-state index contributed by atoms with van der Waals surface area (Å²) in [5.74, 6) is 0.963. The number of rotatable bonds is 4. The first kappa shape index (κ1) is 22.6. The van der Waals surface area contributed by atoms with Crippen molar-refractivity contribution in [2.45, 2.75) is 44.6 Å². The molecule has 0 spiro atoms. The second-order valence-electron chi connectivity index (χ2n) is 7.84. The molecule has 1 heterocycles. The van der Waals surface area contributed by atoms with Gasteiger partial charge in [0.1, 0.15) is 34.8 Å². The van der Waals surface area contributed by atoms with Crippen LogP contribution in [0.5, 0.6) is 5.75 Å². The van der Waals surface area contributed by atoms with Gasteiger partial charge in [0.25, 0.3) is 0 Å². The van der Waals surface area contributed by atoms with E-state index in [1.54, 1.807) is 19.2 Å². The van der Waals surface area contributed by atoms with Crippen LogP contribution < -0.4 is 9.30 Å². The zero-order valence-electron chi connectivity index (χ0n) is 17.5. The van der Waals surface area contributed by atoms with Crippen molar-refractivity contribution in [2.75, 3.05) is 7.11 Å². The van der Waals surface area contributed by atoms with Gasteiger partial charge in [-0.25, -0.2) is 13.0 Å². The molecule has 3 rings (SSSR count). The van der Waals surface area contributed by atoms with Crippen molar-refractivity contribution in [1.29, 1.82) is 0 Å². The zero-order chi connectivity index (χ0) is 21.7. The molecule has 3 aromatic rings. The number of H-pyrrole nitrogens is 1. The van der Waals surface area contributed by atoms with E-state index in [-0.39, 0.29) is 10.3 Å². The molecule has 0 aliphatic heterocycles. The van der Waals surface area contributed by atoms with Gasteiger partial charge in [-0.15, -0.1) is 0 Å². The summed E-state index contributed by atoms with van der Waals surface area (Å²) in [7, 11) is -2.54. The summed E-state index contributed by atoms with van der Waals surface area (Å²) in [4.78, 5) is 2.88. The number of hydrogen-bond acceptors (Lipinski definition) is 4. The molecule has 29 heavy (non-hydrogen) atoms. The molecule has 6 nitrogen and oxygen atoms in total. The SMILES string of the molecule is COc1ccc(C[n+]2cc[nH]c2)cc1C(C)(C)C.Cc1ccc(S(=O)(=O)[O-])cc1. The average molecular weight is 417 g/mol. The van der Waals surface area contributed by atoms with Gasteiger partial charge in [0.2, 0.25) is 6.33 Å². The van der Waals surface area contributed by atoms with Crippen molar-refractivity contribution in [1.82, 2.24) is 4.98 Å². The van der Waals surface area contributed by atoms with Crippen LogP contribution in [0.1, 0.15) is 37.5 Å². The van der Waals surface area contributed by atoms with Crippen LogP contribution in [0.2, 0.25) is 0 Å². The quantitative estimate of drug-likeness (QED) is 0.520. The Hall–Kier alpha value is -2.64. The van der Waals surface area contributed by atoms with Gasteiger partial charge in [0.15, 0.2) is 0 Å². The number of aromatic nitrogens is 2. The summed E-state index contributed by atoms with van der Waals surface area (Å²) >= 11 is 0. The van der Waals surface area contributed by atoms with Crippen LogP contribution in [0.3, 0.4) is 0 Å².